The Morgan fingerprint density at radius 3 is 2.00 bits per heavy atom. The molecule has 7 heavy (non-hydrogen) atoms. The molecule has 0 spiro atoms. The first-order valence-corrected chi connectivity index (χ1v) is 2.79. The maximum atomic E-state index is 5.16. The Labute approximate surface area is 44.7 Å². The fraction of sp³-hybridized carbons (Fsp3) is 1.00. The molecule has 1 nitrogen and oxygen atoms in total. The van der Waals surface area contributed by atoms with Gasteiger partial charge in [0.2, 0.25) is 0 Å². The van der Waals surface area contributed by atoms with Gasteiger partial charge in [0.05, 0.1) is 12.2 Å². The average Bonchev–Trinajstić information content (AvgIpc) is 2.21. The van der Waals surface area contributed by atoms with E-state index in [4.69, 9.17) is 4.74 Å². The van der Waals surface area contributed by atoms with Crippen molar-refractivity contribution in [2.24, 2.45) is 5.92 Å². The Morgan fingerprint density at radius 2 is 2.00 bits per heavy atom. The van der Waals surface area contributed by atoms with Crippen molar-refractivity contribution in [1.29, 1.82) is 0 Å². The highest BCUT2D eigenvalue weighted by Crippen LogP contribution is 2.33. The van der Waals surface area contributed by atoms with E-state index in [1.807, 2.05) is 0 Å². The van der Waals surface area contributed by atoms with Crippen molar-refractivity contribution >= 4 is 0 Å². The molecule has 0 aliphatic carbocycles. The van der Waals surface area contributed by atoms with E-state index < -0.39 is 0 Å². The Bertz CT molecular complexity index is 72.2. The molecule has 0 saturated carbocycles. The maximum absolute atomic E-state index is 5.16. The SMILES string of the molecule is CC(C)C1(C)CO1. The number of hydrogen-bond donors (Lipinski definition) is 0. The lowest BCUT2D eigenvalue weighted by Gasteiger charge is -2.06. The van der Waals surface area contributed by atoms with E-state index in [0.29, 0.717) is 5.92 Å². The van der Waals surface area contributed by atoms with E-state index in [1.54, 1.807) is 0 Å². The van der Waals surface area contributed by atoms with Gasteiger partial charge in [-0.05, 0) is 12.8 Å². The zero-order valence-electron chi connectivity index (χ0n) is 5.19. The third-order valence-electron chi connectivity index (χ3n) is 1.82. The minimum atomic E-state index is 0.250. The molecule has 1 rings (SSSR count). The third-order valence-corrected chi connectivity index (χ3v) is 1.82. The Morgan fingerprint density at radius 1 is 1.57 bits per heavy atom. The number of ether oxygens (including phenoxy) is 1. The normalized spacial score (nSPS) is 39.4. The second-order valence-electron chi connectivity index (χ2n) is 2.76. The summed E-state index contributed by atoms with van der Waals surface area (Å²) in [6.45, 7) is 7.49. The highest BCUT2D eigenvalue weighted by molar-refractivity contribution is 4.89. The molecule has 0 aromatic carbocycles. The zero-order valence-corrected chi connectivity index (χ0v) is 5.19. The van der Waals surface area contributed by atoms with E-state index in [2.05, 4.69) is 20.8 Å². The van der Waals surface area contributed by atoms with Crippen LogP contribution >= 0.6 is 0 Å². The highest BCUT2D eigenvalue weighted by Gasteiger charge is 2.41. The van der Waals surface area contributed by atoms with Crippen molar-refractivity contribution in [3.05, 3.63) is 0 Å². The maximum Gasteiger partial charge on any atom is 0.0911 e. The van der Waals surface area contributed by atoms with Gasteiger partial charge in [-0.2, -0.15) is 0 Å². The van der Waals surface area contributed by atoms with Crippen molar-refractivity contribution < 1.29 is 4.74 Å². The molecule has 1 aliphatic rings. The van der Waals surface area contributed by atoms with Crippen LogP contribution in [0.5, 0.6) is 0 Å². The summed E-state index contributed by atoms with van der Waals surface area (Å²) in [6, 6.07) is 0. The van der Waals surface area contributed by atoms with E-state index in [0.717, 1.165) is 6.61 Å². The Balaban J connectivity index is 2.39. The first-order valence-electron chi connectivity index (χ1n) is 2.79. The van der Waals surface area contributed by atoms with Crippen LogP contribution in [0.2, 0.25) is 0 Å². The van der Waals surface area contributed by atoms with Crippen LogP contribution in [-0.4, -0.2) is 12.2 Å². The first-order chi connectivity index (χ1) is 3.15. The van der Waals surface area contributed by atoms with Gasteiger partial charge in [-0.1, -0.05) is 13.8 Å². The largest absolute Gasteiger partial charge is 0.370 e. The van der Waals surface area contributed by atoms with Gasteiger partial charge in [0.1, 0.15) is 0 Å². The summed E-state index contributed by atoms with van der Waals surface area (Å²) in [5.41, 5.74) is 0.250. The van der Waals surface area contributed by atoms with Crippen LogP contribution in [0.1, 0.15) is 20.8 Å². The van der Waals surface area contributed by atoms with Crippen LogP contribution in [0, 0.1) is 5.92 Å². The lowest BCUT2D eigenvalue weighted by atomic mass is 10.00. The molecule has 1 fully saturated rings. The Hall–Kier alpha value is -0.0400. The fourth-order valence-corrected chi connectivity index (χ4v) is 0.447. The van der Waals surface area contributed by atoms with Gasteiger partial charge in [0.25, 0.3) is 0 Å². The molecule has 1 atom stereocenters. The smallest absolute Gasteiger partial charge is 0.0911 e. The van der Waals surface area contributed by atoms with Gasteiger partial charge in [0.15, 0.2) is 0 Å². The van der Waals surface area contributed by atoms with Crippen molar-refractivity contribution in [1.82, 2.24) is 0 Å². The Kier molecular flexibility index (Phi) is 0.890. The molecule has 1 saturated heterocycles. The molecule has 0 aromatic rings. The van der Waals surface area contributed by atoms with Crippen molar-refractivity contribution in [3.63, 3.8) is 0 Å². The summed E-state index contributed by atoms with van der Waals surface area (Å²) in [5, 5.41) is 0. The monoisotopic (exact) mass is 100 g/mol. The van der Waals surface area contributed by atoms with E-state index in [-0.39, 0.29) is 5.60 Å². The highest BCUT2D eigenvalue weighted by atomic mass is 16.6. The molecule has 1 unspecified atom stereocenters. The summed E-state index contributed by atoms with van der Waals surface area (Å²) in [6.07, 6.45) is 0. The lowest BCUT2D eigenvalue weighted by Crippen LogP contribution is -2.12. The first kappa shape index (κ1) is 5.10. The van der Waals surface area contributed by atoms with Crippen molar-refractivity contribution in [2.45, 2.75) is 26.4 Å². The number of epoxide rings is 1. The van der Waals surface area contributed by atoms with Gasteiger partial charge in [-0.15, -0.1) is 0 Å². The summed E-state index contributed by atoms with van der Waals surface area (Å²) in [4.78, 5) is 0. The molecule has 1 aliphatic heterocycles. The van der Waals surface area contributed by atoms with Gasteiger partial charge in [0, 0.05) is 0 Å². The second-order valence-corrected chi connectivity index (χ2v) is 2.76. The van der Waals surface area contributed by atoms with E-state index in [9.17, 15) is 0 Å². The van der Waals surface area contributed by atoms with Crippen LogP contribution in [0.15, 0.2) is 0 Å². The molecule has 0 bridgehead atoms. The molecule has 0 N–H and O–H groups in total. The molecular weight excluding hydrogens is 88.1 g/mol. The van der Waals surface area contributed by atoms with E-state index >= 15 is 0 Å². The van der Waals surface area contributed by atoms with Gasteiger partial charge >= 0.3 is 0 Å². The van der Waals surface area contributed by atoms with Crippen LogP contribution < -0.4 is 0 Å². The molecule has 0 amide bonds. The topological polar surface area (TPSA) is 12.5 Å². The third kappa shape index (κ3) is 0.778. The standard InChI is InChI=1S/C6H12O/c1-5(2)6(3)4-7-6/h5H,4H2,1-3H3. The molecule has 0 aromatic heterocycles. The van der Waals surface area contributed by atoms with Crippen LogP contribution in [0.4, 0.5) is 0 Å². The van der Waals surface area contributed by atoms with Crippen LogP contribution in [-0.2, 0) is 4.74 Å². The second kappa shape index (κ2) is 1.22. The summed E-state index contributed by atoms with van der Waals surface area (Å²) in [7, 11) is 0. The number of rotatable bonds is 1. The number of hydrogen-bond acceptors (Lipinski definition) is 1. The van der Waals surface area contributed by atoms with Crippen LogP contribution in [0.3, 0.4) is 0 Å². The quantitative estimate of drug-likeness (QED) is 0.454. The van der Waals surface area contributed by atoms with Crippen molar-refractivity contribution in [3.8, 4) is 0 Å². The lowest BCUT2D eigenvalue weighted by molar-refractivity contribution is 0.260. The average molecular weight is 100 g/mol. The molecular formula is C6H12O. The van der Waals surface area contributed by atoms with Crippen molar-refractivity contribution in [2.75, 3.05) is 6.61 Å². The summed E-state index contributed by atoms with van der Waals surface area (Å²) >= 11 is 0. The van der Waals surface area contributed by atoms with E-state index in [1.165, 1.54) is 0 Å². The van der Waals surface area contributed by atoms with Crippen LogP contribution in [0.25, 0.3) is 0 Å². The van der Waals surface area contributed by atoms with Gasteiger partial charge in [-0.3, -0.25) is 0 Å². The predicted octanol–water partition coefficient (Wildman–Crippen LogP) is 1.43. The minimum Gasteiger partial charge on any atom is -0.370 e. The minimum absolute atomic E-state index is 0.250. The molecule has 42 valence electrons. The summed E-state index contributed by atoms with van der Waals surface area (Å²) in [5.74, 6) is 0.687. The fourth-order valence-electron chi connectivity index (χ4n) is 0.447. The summed E-state index contributed by atoms with van der Waals surface area (Å²) < 4.78 is 5.16. The zero-order chi connectivity index (χ0) is 5.49. The predicted molar refractivity (Wildman–Crippen MR) is 29.2 cm³/mol. The van der Waals surface area contributed by atoms with Gasteiger partial charge < -0.3 is 4.74 Å². The molecule has 1 heterocycles. The van der Waals surface area contributed by atoms with Gasteiger partial charge in [-0.25, -0.2) is 0 Å². The molecule has 1 heteroatoms. The molecule has 0 radical (unpaired) electrons.